The van der Waals surface area contributed by atoms with E-state index in [4.69, 9.17) is 9.73 Å². The van der Waals surface area contributed by atoms with E-state index in [1.54, 1.807) is 0 Å². The molecular weight excluding hydrogens is 312 g/mol. The Bertz CT molecular complexity index is 756. The van der Waals surface area contributed by atoms with Gasteiger partial charge in [0.15, 0.2) is 0 Å². The maximum Gasteiger partial charge on any atom is 0.355 e. The number of hydrogen-bond donors (Lipinski definition) is 1. The third-order valence-electron chi connectivity index (χ3n) is 4.97. The van der Waals surface area contributed by atoms with Crippen molar-refractivity contribution in [1.29, 1.82) is 0 Å². The molecule has 0 atom stereocenters. The number of H-pyrrole nitrogens is 1. The largest absolute Gasteiger partial charge is 0.455 e. The lowest BCUT2D eigenvalue weighted by Crippen LogP contribution is -2.24. The summed E-state index contributed by atoms with van der Waals surface area (Å²) in [6.07, 6.45) is 1.90. The van der Waals surface area contributed by atoms with Crippen LogP contribution in [0.15, 0.2) is 10.7 Å². The highest BCUT2D eigenvalue weighted by Gasteiger charge is 2.32. The Morgan fingerprint density at radius 3 is 2.24 bits per heavy atom. The number of aromatic nitrogens is 1. The quantitative estimate of drug-likeness (QED) is 0.726. The molecule has 0 bridgehead atoms. The molecular formula is C21H32N2O2. The van der Waals surface area contributed by atoms with Crippen molar-refractivity contribution in [2.24, 2.45) is 10.4 Å². The van der Waals surface area contributed by atoms with E-state index in [2.05, 4.69) is 32.7 Å². The Hall–Kier alpha value is -1.84. The lowest BCUT2D eigenvalue weighted by molar-refractivity contribution is 0.00627. The summed E-state index contributed by atoms with van der Waals surface area (Å²) in [6, 6.07) is 0. The zero-order chi connectivity index (χ0) is 19.2. The summed E-state index contributed by atoms with van der Waals surface area (Å²) in [5.41, 5.74) is 6.64. The molecule has 0 unspecified atom stereocenters. The highest BCUT2D eigenvalue weighted by atomic mass is 16.6. The van der Waals surface area contributed by atoms with Crippen molar-refractivity contribution in [2.45, 2.75) is 80.8 Å². The van der Waals surface area contributed by atoms with Crippen LogP contribution in [0.3, 0.4) is 0 Å². The molecule has 1 aromatic rings. The number of carbonyl (C=O) groups excluding carboxylic acids is 1. The Morgan fingerprint density at radius 1 is 1.20 bits per heavy atom. The van der Waals surface area contributed by atoms with Crippen molar-refractivity contribution < 1.29 is 9.53 Å². The minimum Gasteiger partial charge on any atom is -0.455 e. The fourth-order valence-corrected chi connectivity index (χ4v) is 3.39. The maximum atomic E-state index is 12.5. The van der Waals surface area contributed by atoms with E-state index in [1.807, 2.05) is 34.6 Å². The lowest BCUT2D eigenvalue weighted by Gasteiger charge is -2.19. The molecule has 25 heavy (non-hydrogen) atoms. The third kappa shape index (κ3) is 3.88. The standard InChI is InChI=1S/C21H32N2O2/c1-10-16-21(8,9)11-15(22-16)14(4)17-12(2)13(3)18(23-17)19(24)25-20(5,6)7/h23H,10-11H2,1-9H3/b15-14-. The summed E-state index contributed by atoms with van der Waals surface area (Å²) in [4.78, 5) is 20.7. The van der Waals surface area contributed by atoms with E-state index in [0.717, 1.165) is 40.9 Å². The molecule has 0 saturated carbocycles. The van der Waals surface area contributed by atoms with Crippen LogP contribution in [0.4, 0.5) is 0 Å². The molecule has 0 spiro atoms. The fraction of sp³-hybridized carbons (Fsp3) is 0.619. The number of nitrogens with zero attached hydrogens (tertiary/aromatic N) is 1. The SMILES string of the molecule is CCC1=N/C(=C(/C)c2[nH]c(C(=O)OC(C)(C)C)c(C)c2C)CC1(C)C. The molecule has 0 radical (unpaired) electrons. The highest BCUT2D eigenvalue weighted by molar-refractivity contribution is 5.95. The van der Waals surface area contributed by atoms with Gasteiger partial charge in [0.2, 0.25) is 0 Å². The molecule has 4 heteroatoms. The van der Waals surface area contributed by atoms with Gasteiger partial charge in [-0.05, 0) is 64.7 Å². The molecule has 0 saturated heterocycles. The summed E-state index contributed by atoms with van der Waals surface area (Å²) < 4.78 is 5.53. The van der Waals surface area contributed by atoms with Gasteiger partial charge in [-0.25, -0.2) is 4.79 Å². The molecule has 0 amide bonds. The molecule has 1 aliphatic rings. The average Bonchev–Trinajstić information content (AvgIpc) is 2.94. The van der Waals surface area contributed by atoms with Gasteiger partial charge in [0.25, 0.3) is 0 Å². The van der Waals surface area contributed by atoms with Crippen LogP contribution in [0.1, 0.15) is 88.6 Å². The molecule has 1 aromatic heterocycles. The van der Waals surface area contributed by atoms with E-state index >= 15 is 0 Å². The van der Waals surface area contributed by atoms with Crippen molar-refractivity contribution in [1.82, 2.24) is 4.98 Å². The third-order valence-corrected chi connectivity index (χ3v) is 4.97. The molecule has 0 aliphatic carbocycles. The van der Waals surface area contributed by atoms with Crippen molar-refractivity contribution in [3.05, 3.63) is 28.2 Å². The predicted molar refractivity (Wildman–Crippen MR) is 104 cm³/mol. The number of rotatable bonds is 3. The molecule has 2 rings (SSSR count). The topological polar surface area (TPSA) is 54.5 Å². The van der Waals surface area contributed by atoms with Gasteiger partial charge in [-0.15, -0.1) is 0 Å². The fourth-order valence-electron chi connectivity index (χ4n) is 3.39. The monoisotopic (exact) mass is 344 g/mol. The van der Waals surface area contributed by atoms with Crippen molar-refractivity contribution in [3.63, 3.8) is 0 Å². The summed E-state index contributed by atoms with van der Waals surface area (Å²) >= 11 is 0. The second-order valence-corrected chi connectivity index (χ2v) is 8.67. The second kappa shape index (κ2) is 6.47. The first kappa shape index (κ1) is 19.5. The minimum absolute atomic E-state index is 0.106. The van der Waals surface area contributed by atoms with E-state index < -0.39 is 5.60 Å². The van der Waals surface area contributed by atoms with Crippen LogP contribution in [0.5, 0.6) is 0 Å². The summed E-state index contributed by atoms with van der Waals surface area (Å²) in [6.45, 7) is 18.4. The van der Waals surface area contributed by atoms with Crippen molar-refractivity contribution in [2.75, 3.05) is 0 Å². The number of allylic oxidation sites excluding steroid dienone is 2. The van der Waals surface area contributed by atoms with Crippen LogP contribution in [0, 0.1) is 19.3 Å². The number of nitrogens with one attached hydrogen (secondary N) is 1. The Morgan fingerprint density at radius 2 is 1.76 bits per heavy atom. The van der Waals surface area contributed by atoms with Gasteiger partial charge >= 0.3 is 5.97 Å². The van der Waals surface area contributed by atoms with Crippen molar-refractivity contribution >= 4 is 17.3 Å². The number of ether oxygens (including phenoxy) is 1. The van der Waals surface area contributed by atoms with Gasteiger partial charge in [0.05, 0.1) is 0 Å². The van der Waals surface area contributed by atoms with Crippen LogP contribution in [0.25, 0.3) is 5.57 Å². The van der Waals surface area contributed by atoms with Gasteiger partial charge in [-0.1, -0.05) is 20.8 Å². The zero-order valence-corrected chi connectivity index (χ0v) is 17.2. The minimum atomic E-state index is -0.508. The van der Waals surface area contributed by atoms with Crippen LogP contribution in [0.2, 0.25) is 0 Å². The van der Waals surface area contributed by atoms with E-state index in [9.17, 15) is 4.79 Å². The first-order valence-corrected chi connectivity index (χ1v) is 9.08. The molecule has 1 N–H and O–H groups in total. The number of carbonyl (C=O) groups is 1. The summed E-state index contributed by atoms with van der Waals surface area (Å²) in [5.74, 6) is -0.304. The molecule has 4 nitrogen and oxygen atoms in total. The van der Waals surface area contributed by atoms with Gasteiger partial charge in [0, 0.05) is 28.9 Å². The van der Waals surface area contributed by atoms with E-state index in [-0.39, 0.29) is 11.4 Å². The first-order valence-electron chi connectivity index (χ1n) is 9.08. The number of aliphatic imine (C=N–C) groups is 1. The number of esters is 1. The lowest BCUT2D eigenvalue weighted by atomic mass is 9.84. The van der Waals surface area contributed by atoms with Gasteiger partial charge in [-0.2, -0.15) is 0 Å². The number of aromatic amines is 1. The van der Waals surface area contributed by atoms with E-state index in [0.29, 0.717) is 5.69 Å². The van der Waals surface area contributed by atoms with Gasteiger partial charge in [-0.3, -0.25) is 4.99 Å². The van der Waals surface area contributed by atoms with Crippen LogP contribution in [-0.4, -0.2) is 22.3 Å². The van der Waals surface area contributed by atoms with E-state index in [1.165, 1.54) is 5.71 Å². The van der Waals surface area contributed by atoms with Crippen LogP contribution in [-0.2, 0) is 4.74 Å². The molecule has 0 aromatic carbocycles. The second-order valence-electron chi connectivity index (χ2n) is 8.67. The highest BCUT2D eigenvalue weighted by Crippen LogP contribution is 2.40. The Balaban J connectivity index is 2.45. The Kier molecular flexibility index (Phi) is 5.04. The normalized spacial score (nSPS) is 19.0. The Labute approximate surface area is 151 Å². The average molecular weight is 344 g/mol. The van der Waals surface area contributed by atoms with Gasteiger partial charge in [0.1, 0.15) is 11.3 Å². The van der Waals surface area contributed by atoms with Crippen LogP contribution < -0.4 is 0 Å². The number of hydrogen-bond acceptors (Lipinski definition) is 3. The van der Waals surface area contributed by atoms with Crippen LogP contribution >= 0.6 is 0 Å². The summed E-state index contributed by atoms with van der Waals surface area (Å²) in [7, 11) is 0. The predicted octanol–water partition coefficient (Wildman–Crippen LogP) is 5.60. The van der Waals surface area contributed by atoms with Crippen molar-refractivity contribution in [3.8, 4) is 0 Å². The molecule has 1 aliphatic heterocycles. The molecule has 138 valence electrons. The maximum absolute atomic E-state index is 12.5. The first-order chi connectivity index (χ1) is 11.4. The smallest absolute Gasteiger partial charge is 0.355 e. The molecule has 2 heterocycles. The zero-order valence-electron chi connectivity index (χ0n) is 17.2. The van der Waals surface area contributed by atoms with Gasteiger partial charge < -0.3 is 9.72 Å². The molecule has 0 fully saturated rings. The summed E-state index contributed by atoms with van der Waals surface area (Å²) in [5, 5.41) is 0.